The van der Waals surface area contributed by atoms with Gasteiger partial charge in [-0.05, 0) is 33.3 Å². The Morgan fingerprint density at radius 3 is 2.61 bits per heavy atom. The molecule has 0 aromatic carbocycles. The maximum Gasteiger partial charge on any atom is 0.247 e. The lowest BCUT2D eigenvalue weighted by Gasteiger charge is -2.24. The lowest BCUT2D eigenvalue weighted by molar-refractivity contribution is -0.134. The Kier molecular flexibility index (Phi) is 5.46. The first kappa shape index (κ1) is 17.5. The molecular weight excluding hydrogens is 314 g/mol. The van der Waals surface area contributed by atoms with Gasteiger partial charge in [-0.15, -0.1) is 0 Å². The van der Waals surface area contributed by atoms with Crippen molar-refractivity contribution in [2.24, 2.45) is 0 Å². The number of carbonyl (C=O) groups excluding carboxylic acids is 1. The van der Waals surface area contributed by atoms with Crippen LogP contribution in [0.1, 0.15) is 43.4 Å². The van der Waals surface area contributed by atoms with Gasteiger partial charge in [0, 0.05) is 19.8 Å². The molecule has 0 aliphatic heterocycles. The van der Waals surface area contributed by atoms with Crippen LogP contribution in [0.15, 0.2) is 12.3 Å². The van der Waals surface area contributed by atoms with Gasteiger partial charge in [-0.2, -0.15) is 10.2 Å². The summed E-state index contributed by atoms with van der Waals surface area (Å²) in [4.78, 5) is 14.6. The fraction of sp³-hybridized carbons (Fsp3) is 0.562. The van der Waals surface area contributed by atoms with E-state index >= 15 is 0 Å². The number of hydrogen-bond acceptors (Lipinski definition) is 3. The Morgan fingerprint density at radius 2 is 2.09 bits per heavy atom. The quantitative estimate of drug-likeness (QED) is 0.814. The van der Waals surface area contributed by atoms with Crippen molar-refractivity contribution in [2.75, 3.05) is 7.05 Å². The first-order chi connectivity index (χ1) is 10.9. The van der Waals surface area contributed by atoms with Crippen LogP contribution in [0.5, 0.6) is 0 Å². The number of amides is 1. The maximum atomic E-state index is 12.9. The molecule has 2 aromatic heterocycles. The van der Waals surface area contributed by atoms with E-state index in [1.165, 1.54) is 0 Å². The number of halogens is 1. The molecule has 1 amide bonds. The second kappa shape index (κ2) is 7.17. The summed E-state index contributed by atoms with van der Waals surface area (Å²) in [5.74, 6) is 0.0265. The predicted octanol–water partition coefficient (Wildman–Crippen LogP) is 2.98. The highest BCUT2D eigenvalue weighted by Gasteiger charge is 2.26. The molecule has 1 atom stereocenters. The Hall–Kier alpha value is -1.82. The zero-order valence-electron chi connectivity index (χ0n) is 14.4. The highest BCUT2D eigenvalue weighted by Crippen LogP contribution is 2.25. The molecule has 126 valence electrons. The summed E-state index contributed by atoms with van der Waals surface area (Å²) in [5, 5.41) is 9.31. The molecule has 0 aliphatic rings. The maximum absolute atomic E-state index is 12.9. The fourth-order valence-corrected chi connectivity index (χ4v) is 2.88. The lowest BCUT2D eigenvalue weighted by atomic mass is 10.2. The van der Waals surface area contributed by atoms with Gasteiger partial charge in [-0.3, -0.25) is 14.2 Å². The molecule has 6 nitrogen and oxygen atoms in total. The topological polar surface area (TPSA) is 56.0 Å². The van der Waals surface area contributed by atoms with E-state index in [9.17, 15) is 4.79 Å². The van der Waals surface area contributed by atoms with Gasteiger partial charge < -0.3 is 4.90 Å². The first-order valence-electron chi connectivity index (χ1n) is 7.87. The van der Waals surface area contributed by atoms with Crippen LogP contribution < -0.4 is 0 Å². The number of aromatic nitrogens is 4. The Bertz CT molecular complexity index is 691. The molecule has 0 radical (unpaired) electrons. The van der Waals surface area contributed by atoms with Crippen LogP contribution in [0.3, 0.4) is 0 Å². The van der Waals surface area contributed by atoms with Gasteiger partial charge in [0.1, 0.15) is 6.04 Å². The van der Waals surface area contributed by atoms with E-state index in [0.717, 1.165) is 23.6 Å². The summed E-state index contributed by atoms with van der Waals surface area (Å²) in [5.41, 5.74) is 2.60. The van der Waals surface area contributed by atoms with Crippen molar-refractivity contribution >= 4 is 17.5 Å². The van der Waals surface area contributed by atoms with Gasteiger partial charge in [0.25, 0.3) is 0 Å². The zero-order valence-corrected chi connectivity index (χ0v) is 15.1. The van der Waals surface area contributed by atoms with E-state index in [-0.39, 0.29) is 11.9 Å². The molecule has 0 spiro atoms. The summed E-state index contributed by atoms with van der Waals surface area (Å²) in [6.07, 6.45) is 2.42. The number of likely N-dealkylation sites (N-methyl/N-ethyl adjacent to an activating group) is 1. The minimum atomic E-state index is -0.343. The molecule has 2 aromatic rings. The van der Waals surface area contributed by atoms with Gasteiger partial charge in [-0.1, -0.05) is 18.5 Å². The van der Waals surface area contributed by atoms with E-state index in [4.69, 9.17) is 11.6 Å². The molecule has 23 heavy (non-hydrogen) atoms. The van der Waals surface area contributed by atoms with Gasteiger partial charge in [0.05, 0.1) is 28.6 Å². The third-order valence-electron chi connectivity index (χ3n) is 4.08. The van der Waals surface area contributed by atoms with Crippen LogP contribution in [0.4, 0.5) is 0 Å². The summed E-state index contributed by atoms with van der Waals surface area (Å²) >= 11 is 6.22. The average Bonchev–Trinajstić information content (AvgIpc) is 3.08. The molecule has 2 heterocycles. The molecule has 0 aliphatic carbocycles. The molecule has 0 N–H and O–H groups in total. The van der Waals surface area contributed by atoms with Crippen LogP contribution in [-0.2, 0) is 17.9 Å². The van der Waals surface area contributed by atoms with Crippen molar-refractivity contribution in [2.45, 2.75) is 53.2 Å². The number of carbonyl (C=O) groups is 1. The van der Waals surface area contributed by atoms with Crippen molar-refractivity contribution in [3.05, 3.63) is 34.4 Å². The molecule has 1 unspecified atom stereocenters. The van der Waals surface area contributed by atoms with Gasteiger partial charge >= 0.3 is 0 Å². The van der Waals surface area contributed by atoms with Crippen LogP contribution in [0.2, 0.25) is 5.02 Å². The molecule has 2 rings (SSSR count). The van der Waals surface area contributed by atoms with Crippen molar-refractivity contribution in [1.82, 2.24) is 24.5 Å². The van der Waals surface area contributed by atoms with Crippen molar-refractivity contribution in [1.29, 1.82) is 0 Å². The summed E-state index contributed by atoms with van der Waals surface area (Å²) in [6, 6.07) is 1.60. The molecule has 0 saturated carbocycles. The number of hydrogen-bond donors (Lipinski definition) is 0. The predicted molar refractivity (Wildman–Crippen MR) is 90.4 cm³/mol. The van der Waals surface area contributed by atoms with Crippen LogP contribution in [0.25, 0.3) is 0 Å². The second-order valence-electron chi connectivity index (χ2n) is 5.69. The second-order valence-corrected chi connectivity index (χ2v) is 6.06. The lowest BCUT2D eigenvalue weighted by Crippen LogP contribution is -2.35. The Morgan fingerprint density at radius 1 is 1.39 bits per heavy atom. The van der Waals surface area contributed by atoms with Gasteiger partial charge in [0.15, 0.2) is 0 Å². The van der Waals surface area contributed by atoms with Crippen molar-refractivity contribution < 1.29 is 4.79 Å². The highest BCUT2D eigenvalue weighted by molar-refractivity contribution is 6.31. The smallest absolute Gasteiger partial charge is 0.247 e. The largest absolute Gasteiger partial charge is 0.338 e. The third kappa shape index (κ3) is 3.42. The fourth-order valence-electron chi connectivity index (χ4n) is 2.75. The SMILES string of the molecule is CCC(C(=O)N(C)Cc1ccnn1CC)n1nc(C)c(Cl)c1C. The van der Waals surface area contributed by atoms with E-state index in [2.05, 4.69) is 10.2 Å². The first-order valence-corrected chi connectivity index (χ1v) is 8.25. The number of nitrogens with zero attached hydrogens (tertiary/aromatic N) is 5. The van der Waals surface area contributed by atoms with E-state index < -0.39 is 0 Å². The van der Waals surface area contributed by atoms with Crippen molar-refractivity contribution in [3.8, 4) is 0 Å². The molecule has 0 fully saturated rings. The van der Waals surface area contributed by atoms with E-state index in [0.29, 0.717) is 18.0 Å². The summed E-state index contributed by atoms with van der Waals surface area (Å²) in [6.45, 7) is 9.07. The van der Waals surface area contributed by atoms with Crippen LogP contribution in [-0.4, -0.2) is 37.4 Å². The summed E-state index contributed by atoms with van der Waals surface area (Å²) in [7, 11) is 1.81. The number of aryl methyl sites for hydroxylation is 2. The van der Waals surface area contributed by atoms with Gasteiger partial charge in [0.2, 0.25) is 5.91 Å². The highest BCUT2D eigenvalue weighted by atomic mass is 35.5. The molecular formula is C16H24ClN5O. The minimum absolute atomic E-state index is 0.0265. The summed E-state index contributed by atoms with van der Waals surface area (Å²) < 4.78 is 3.64. The standard InChI is InChI=1S/C16H24ClN5O/c1-6-14(22-12(4)15(17)11(3)19-22)16(23)20(5)10-13-8-9-18-21(13)7-2/h8-9,14H,6-7,10H2,1-5H3. The monoisotopic (exact) mass is 337 g/mol. The van der Waals surface area contributed by atoms with E-state index in [1.54, 1.807) is 15.8 Å². The number of rotatable bonds is 6. The normalized spacial score (nSPS) is 12.4. The Labute approximate surface area is 142 Å². The Balaban J connectivity index is 2.20. The van der Waals surface area contributed by atoms with Crippen LogP contribution >= 0.6 is 11.6 Å². The molecule has 0 saturated heterocycles. The average molecular weight is 338 g/mol. The zero-order chi connectivity index (χ0) is 17.1. The van der Waals surface area contributed by atoms with Crippen molar-refractivity contribution in [3.63, 3.8) is 0 Å². The molecule has 0 bridgehead atoms. The third-order valence-corrected chi connectivity index (χ3v) is 4.63. The van der Waals surface area contributed by atoms with Crippen LogP contribution in [0, 0.1) is 13.8 Å². The molecule has 7 heteroatoms. The minimum Gasteiger partial charge on any atom is -0.338 e. The van der Waals surface area contributed by atoms with E-state index in [1.807, 2.05) is 45.5 Å². The van der Waals surface area contributed by atoms with Gasteiger partial charge in [-0.25, -0.2) is 0 Å².